The Balaban J connectivity index is 1.62. The van der Waals surface area contributed by atoms with Crippen molar-refractivity contribution in [2.45, 2.75) is 49.4 Å². The molecule has 2 aliphatic rings. The molecule has 0 radical (unpaired) electrons. The van der Waals surface area contributed by atoms with Gasteiger partial charge in [0, 0.05) is 24.9 Å². The van der Waals surface area contributed by atoms with Crippen molar-refractivity contribution in [3.05, 3.63) is 32.5 Å². The number of primary amides is 1. The van der Waals surface area contributed by atoms with Gasteiger partial charge in [0.25, 0.3) is 15.9 Å². The predicted molar refractivity (Wildman–Crippen MR) is 127 cm³/mol. The minimum absolute atomic E-state index is 0.0722. The van der Waals surface area contributed by atoms with Crippen LogP contribution in [0.4, 0.5) is 5.00 Å². The number of piperidine rings is 1. The highest BCUT2D eigenvalue weighted by molar-refractivity contribution is 7.91. The maximum atomic E-state index is 13.3. The second kappa shape index (κ2) is 9.34. The first-order valence-electron chi connectivity index (χ1n) is 10.4. The van der Waals surface area contributed by atoms with Crippen LogP contribution in [0.15, 0.2) is 16.3 Å². The van der Waals surface area contributed by atoms with Gasteiger partial charge in [-0.3, -0.25) is 14.4 Å². The number of hydrogen-bond acceptors (Lipinski definition) is 7. The molecule has 1 fully saturated rings. The van der Waals surface area contributed by atoms with Crippen molar-refractivity contribution in [2.24, 2.45) is 5.73 Å². The van der Waals surface area contributed by atoms with Gasteiger partial charge in [0.15, 0.2) is 0 Å². The van der Waals surface area contributed by atoms with Gasteiger partial charge in [-0.05, 0) is 37.0 Å². The molecule has 0 bridgehead atoms. The maximum Gasteiger partial charge on any atom is 0.253 e. The molecule has 0 aliphatic carbocycles. The Labute approximate surface area is 204 Å². The van der Waals surface area contributed by atoms with Gasteiger partial charge in [-0.25, -0.2) is 8.42 Å². The van der Waals surface area contributed by atoms with E-state index in [4.69, 9.17) is 17.3 Å². The number of nitrogens with zero attached hydrogens (tertiary/aromatic N) is 2. The molecule has 0 saturated carbocycles. The Morgan fingerprint density at radius 3 is 2.58 bits per heavy atom. The van der Waals surface area contributed by atoms with Gasteiger partial charge in [-0.1, -0.05) is 18.0 Å². The average Bonchev–Trinajstić information content (AvgIpc) is 3.36. The molecule has 9 nitrogen and oxygen atoms in total. The number of rotatable bonds is 5. The summed E-state index contributed by atoms with van der Waals surface area (Å²) in [6, 6.07) is 2.03. The maximum absolute atomic E-state index is 13.3. The summed E-state index contributed by atoms with van der Waals surface area (Å²) in [4.78, 5) is 39.7. The summed E-state index contributed by atoms with van der Waals surface area (Å²) in [7, 11) is -3.90. The van der Waals surface area contributed by atoms with E-state index in [1.165, 1.54) is 34.7 Å². The molecule has 1 unspecified atom stereocenters. The largest absolute Gasteiger partial charge is 0.365 e. The van der Waals surface area contributed by atoms with E-state index in [0.717, 1.165) is 21.8 Å². The molecule has 4 rings (SSSR count). The number of halogens is 1. The Morgan fingerprint density at radius 1 is 1.18 bits per heavy atom. The molecule has 4 heterocycles. The van der Waals surface area contributed by atoms with Crippen LogP contribution in [0.2, 0.25) is 4.34 Å². The molecule has 2 aromatic rings. The van der Waals surface area contributed by atoms with Gasteiger partial charge in [0.05, 0.1) is 16.4 Å². The number of amides is 3. The van der Waals surface area contributed by atoms with Crippen LogP contribution in [0, 0.1) is 0 Å². The lowest BCUT2D eigenvalue weighted by Crippen LogP contribution is -2.49. The SMILES string of the molecule is CC(=O)N1CCc2c(sc(NC(=O)C3CCCCN3S(=O)(=O)c3ccc(Cl)s3)c2C(N)=O)C1. The highest BCUT2D eigenvalue weighted by Gasteiger charge is 2.39. The first-order valence-corrected chi connectivity index (χ1v) is 13.8. The minimum Gasteiger partial charge on any atom is -0.365 e. The smallest absolute Gasteiger partial charge is 0.253 e. The number of nitrogens with two attached hydrogens (primary N) is 1. The van der Waals surface area contributed by atoms with E-state index in [9.17, 15) is 22.8 Å². The number of nitrogens with one attached hydrogen (secondary N) is 1. The van der Waals surface area contributed by atoms with E-state index in [0.29, 0.717) is 48.1 Å². The minimum atomic E-state index is -3.90. The second-order valence-electron chi connectivity index (χ2n) is 7.94. The van der Waals surface area contributed by atoms with Crippen LogP contribution in [0.1, 0.15) is 47.0 Å². The molecule has 13 heteroatoms. The molecule has 178 valence electrons. The summed E-state index contributed by atoms with van der Waals surface area (Å²) in [6.07, 6.45) is 2.16. The van der Waals surface area contributed by atoms with Crippen molar-refractivity contribution in [3.8, 4) is 0 Å². The van der Waals surface area contributed by atoms with Gasteiger partial charge in [0.2, 0.25) is 11.8 Å². The Bertz CT molecular complexity index is 1220. The van der Waals surface area contributed by atoms with Crippen LogP contribution >= 0.6 is 34.3 Å². The second-order valence-corrected chi connectivity index (χ2v) is 12.9. The van der Waals surface area contributed by atoms with Crippen molar-refractivity contribution in [1.29, 1.82) is 0 Å². The van der Waals surface area contributed by atoms with E-state index < -0.39 is 27.9 Å². The van der Waals surface area contributed by atoms with Crippen molar-refractivity contribution in [3.63, 3.8) is 0 Å². The fourth-order valence-corrected chi connectivity index (χ4v) is 8.76. The first kappa shape index (κ1) is 24.1. The molecule has 2 aromatic heterocycles. The van der Waals surface area contributed by atoms with Gasteiger partial charge in [0.1, 0.15) is 15.3 Å². The van der Waals surface area contributed by atoms with E-state index >= 15 is 0 Å². The van der Waals surface area contributed by atoms with Crippen molar-refractivity contribution < 1.29 is 22.8 Å². The number of fused-ring (bicyclic) bond motifs is 1. The lowest BCUT2D eigenvalue weighted by atomic mass is 10.0. The fraction of sp³-hybridized carbons (Fsp3) is 0.450. The normalized spacial score (nSPS) is 19.2. The molecule has 33 heavy (non-hydrogen) atoms. The lowest BCUT2D eigenvalue weighted by Gasteiger charge is -2.33. The number of hydrogen-bond donors (Lipinski definition) is 2. The fourth-order valence-electron chi connectivity index (χ4n) is 4.22. The number of sulfonamides is 1. The summed E-state index contributed by atoms with van der Waals surface area (Å²) in [5.74, 6) is -1.25. The Hall–Kier alpha value is -1.99. The summed E-state index contributed by atoms with van der Waals surface area (Å²) in [5, 5.41) is 3.06. The van der Waals surface area contributed by atoms with Crippen LogP contribution in [0.5, 0.6) is 0 Å². The number of carbonyl (C=O) groups is 3. The average molecular weight is 531 g/mol. The molecule has 0 spiro atoms. The topological polar surface area (TPSA) is 130 Å². The quantitative estimate of drug-likeness (QED) is 0.613. The van der Waals surface area contributed by atoms with Gasteiger partial charge < -0.3 is 16.0 Å². The van der Waals surface area contributed by atoms with Gasteiger partial charge in [-0.15, -0.1) is 22.7 Å². The van der Waals surface area contributed by atoms with Crippen molar-refractivity contribution >= 4 is 67.0 Å². The van der Waals surface area contributed by atoms with Gasteiger partial charge in [-0.2, -0.15) is 4.31 Å². The summed E-state index contributed by atoms with van der Waals surface area (Å²) in [5.41, 5.74) is 6.60. The van der Waals surface area contributed by atoms with Gasteiger partial charge >= 0.3 is 0 Å². The highest BCUT2D eigenvalue weighted by Crippen LogP contribution is 2.38. The zero-order chi connectivity index (χ0) is 23.9. The van der Waals surface area contributed by atoms with E-state index in [-0.39, 0.29) is 22.2 Å². The summed E-state index contributed by atoms with van der Waals surface area (Å²) in [6.45, 7) is 2.50. The van der Waals surface area contributed by atoms with Crippen molar-refractivity contribution in [1.82, 2.24) is 9.21 Å². The summed E-state index contributed by atoms with van der Waals surface area (Å²) < 4.78 is 28.0. The third kappa shape index (κ3) is 4.67. The van der Waals surface area contributed by atoms with Crippen LogP contribution in [0.3, 0.4) is 0 Å². The van der Waals surface area contributed by atoms with E-state index in [1.807, 2.05) is 0 Å². The number of carbonyl (C=O) groups excluding carboxylic acids is 3. The Kier molecular flexibility index (Phi) is 6.83. The molecule has 0 aromatic carbocycles. The third-order valence-electron chi connectivity index (χ3n) is 5.85. The zero-order valence-corrected chi connectivity index (χ0v) is 21.0. The lowest BCUT2D eigenvalue weighted by molar-refractivity contribution is -0.129. The third-order valence-corrected chi connectivity index (χ3v) is 10.6. The monoisotopic (exact) mass is 530 g/mol. The van der Waals surface area contributed by atoms with E-state index in [2.05, 4.69) is 5.32 Å². The molecule has 1 atom stereocenters. The Morgan fingerprint density at radius 2 is 1.94 bits per heavy atom. The highest BCUT2D eigenvalue weighted by atomic mass is 35.5. The van der Waals surface area contributed by atoms with Crippen LogP contribution in [0.25, 0.3) is 0 Å². The van der Waals surface area contributed by atoms with E-state index in [1.54, 1.807) is 4.90 Å². The molecule has 2 aliphatic heterocycles. The number of anilines is 1. The van der Waals surface area contributed by atoms with Crippen LogP contribution < -0.4 is 11.1 Å². The summed E-state index contributed by atoms with van der Waals surface area (Å²) >= 11 is 8.08. The first-order chi connectivity index (χ1) is 15.6. The predicted octanol–water partition coefficient (Wildman–Crippen LogP) is 2.65. The number of thiophene rings is 2. The zero-order valence-electron chi connectivity index (χ0n) is 17.8. The van der Waals surface area contributed by atoms with Crippen molar-refractivity contribution in [2.75, 3.05) is 18.4 Å². The molecule has 3 N–H and O–H groups in total. The molecule has 1 saturated heterocycles. The molecule has 3 amide bonds. The van der Waals surface area contributed by atoms with Crippen LogP contribution in [-0.2, 0) is 32.6 Å². The molecular formula is C20H23ClN4O5S3. The molecular weight excluding hydrogens is 508 g/mol. The van der Waals surface area contributed by atoms with Crippen LogP contribution in [-0.4, -0.2) is 54.5 Å². The standard InChI is InChI=1S/C20H23ClN4O5S3/c1-11(26)24-9-7-12-14(10-24)31-20(17(12)18(22)27)23-19(28)13-4-2-3-8-25(13)33(29,30)16-6-5-15(21)32-16/h5-6,13H,2-4,7-10H2,1H3,(H2,22,27)(H,23,28).